The van der Waals surface area contributed by atoms with E-state index < -0.39 is 0 Å². The number of hydrogen-bond donors (Lipinski definition) is 2. The Balaban J connectivity index is 2.09. The van der Waals surface area contributed by atoms with Crippen LogP contribution in [0, 0.1) is 18.8 Å². The molecule has 1 amide bonds. The predicted molar refractivity (Wildman–Crippen MR) is 77.4 cm³/mol. The Bertz CT molecular complexity index is 447. The van der Waals surface area contributed by atoms with Gasteiger partial charge in [-0.3, -0.25) is 4.79 Å². The van der Waals surface area contributed by atoms with Gasteiger partial charge < -0.3 is 11.1 Å². The summed E-state index contributed by atoms with van der Waals surface area (Å²) >= 11 is 3.46. The summed E-state index contributed by atoms with van der Waals surface area (Å²) in [4.78, 5) is 12.3. The number of rotatable bonds is 3. The minimum absolute atomic E-state index is 0.0717. The molecule has 3 nitrogen and oxygen atoms in total. The molecule has 0 aliphatic heterocycles. The molecular formula is C14H19BrN2O. The zero-order chi connectivity index (χ0) is 13.1. The first-order chi connectivity index (χ1) is 8.61. The van der Waals surface area contributed by atoms with E-state index in [1.807, 2.05) is 25.1 Å². The van der Waals surface area contributed by atoms with E-state index in [2.05, 4.69) is 21.2 Å². The van der Waals surface area contributed by atoms with Crippen LogP contribution in [-0.4, -0.2) is 12.5 Å². The lowest BCUT2D eigenvalue weighted by Gasteiger charge is -2.18. The normalized spacial score (nSPS) is 23.1. The van der Waals surface area contributed by atoms with Crippen LogP contribution < -0.4 is 11.1 Å². The second-order valence-corrected chi connectivity index (χ2v) is 5.86. The van der Waals surface area contributed by atoms with E-state index >= 15 is 0 Å². The first kappa shape index (κ1) is 13.6. The van der Waals surface area contributed by atoms with Gasteiger partial charge in [0.15, 0.2) is 0 Å². The standard InChI is InChI=1S/C14H19BrN2O/c1-9-5-6-12(15)13(7-9)17-14(18)11-4-2-3-10(11)8-16/h5-7,10-11H,2-4,8,16H2,1H3,(H,17,18). The van der Waals surface area contributed by atoms with Crippen LogP contribution in [0.3, 0.4) is 0 Å². The summed E-state index contributed by atoms with van der Waals surface area (Å²) < 4.78 is 0.920. The molecule has 0 heterocycles. The number of halogens is 1. The number of aryl methyl sites for hydroxylation is 1. The second-order valence-electron chi connectivity index (χ2n) is 5.01. The van der Waals surface area contributed by atoms with Gasteiger partial charge in [0.25, 0.3) is 0 Å². The van der Waals surface area contributed by atoms with Gasteiger partial charge in [0.1, 0.15) is 0 Å². The van der Waals surface area contributed by atoms with Crippen LogP contribution in [-0.2, 0) is 4.79 Å². The Morgan fingerprint density at radius 3 is 3.00 bits per heavy atom. The molecule has 0 aromatic heterocycles. The van der Waals surface area contributed by atoms with Crippen molar-refractivity contribution in [2.75, 3.05) is 11.9 Å². The maximum Gasteiger partial charge on any atom is 0.227 e. The highest BCUT2D eigenvalue weighted by Crippen LogP contribution is 2.33. The van der Waals surface area contributed by atoms with Crippen molar-refractivity contribution < 1.29 is 4.79 Å². The molecule has 0 bridgehead atoms. The van der Waals surface area contributed by atoms with E-state index in [0.717, 1.165) is 35.0 Å². The highest BCUT2D eigenvalue weighted by molar-refractivity contribution is 9.10. The SMILES string of the molecule is Cc1ccc(Br)c(NC(=O)C2CCCC2CN)c1. The number of carbonyl (C=O) groups is 1. The smallest absolute Gasteiger partial charge is 0.227 e. The summed E-state index contributed by atoms with van der Waals surface area (Å²) in [6.07, 6.45) is 3.13. The molecule has 4 heteroatoms. The maximum absolute atomic E-state index is 12.3. The van der Waals surface area contributed by atoms with Crippen molar-refractivity contribution in [3.05, 3.63) is 28.2 Å². The van der Waals surface area contributed by atoms with Crippen molar-refractivity contribution in [2.45, 2.75) is 26.2 Å². The van der Waals surface area contributed by atoms with Crippen LogP contribution in [0.15, 0.2) is 22.7 Å². The summed E-state index contributed by atoms with van der Waals surface area (Å²) in [6.45, 7) is 2.62. The van der Waals surface area contributed by atoms with Crippen LogP contribution in [0.5, 0.6) is 0 Å². The van der Waals surface area contributed by atoms with E-state index in [0.29, 0.717) is 12.5 Å². The lowest BCUT2D eigenvalue weighted by atomic mass is 9.95. The Morgan fingerprint density at radius 1 is 1.50 bits per heavy atom. The summed E-state index contributed by atoms with van der Waals surface area (Å²) in [5, 5.41) is 3.02. The van der Waals surface area contributed by atoms with Crippen LogP contribution in [0.4, 0.5) is 5.69 Å². The van der Waals surface area contributed by atoms with Crippen molar-refractivity contribution in [3.8, 4) is 0 Å². The van der Waals surface area contributed by atoms with Crippen molar-refractivity contribution in [1.82, 2.24) is 0 Å². The Hall–Kier alpha value is -0.870. The fourth-order valence-electron chi connectivity index (χ4n) is 2.62. The molecule has 1 fully saturated rings. The van der Waals surface area contributed by atoms with Gasteiger partial charge in [-0.1, -0.05) is 12.5 Å². The number of carbonyl (C=O) groups excluding carboxylic acids is 1. The van der Waals surface area contributed by atoms with Crippen molar-refractivity contribution >= 4 is 27.5 Å². The molecule has 2 rings (SSSR count). The minimum atomic E-state index is 0.0717. The monoisotopic (exact) mass is 310 g/mol. The Labute approximate surface area is 116 Å². The molecular weight excluding hydrogens is 292 g/mol. The molecule has 1 aliphatic carbocycles. The number of nitrogens with one attached hydrogen (secondary N) is 1. The van der Waals surface area contributed by atoms with E-state index in [1.165, 1.54) is 0 Å². The zero-order valence-electron chi connectivity index (χ0n) is 10.6. The molecule has 0 saturated heterocycles. The molecule has 2 unspecified atom stereocenters. The number of hydrogen-bond acceptors (Lipinski definition) is 2. The molecule has 0 spiro atoms. The molecule has 1 aliphatic rings. The van der Waals surface area contributed by atoms with Crippen molar-refractivity contribution in [1.29, 1.82) is 0 Å². The quantitative estimate of drug-likeness (QED) is 0.901. The third kappa shape index (κ3) is 2.93. The molecule has 1 aromatic rings. The third-order valence-electron chi connectivity index (χ3n) is 3.68. The van der Waals surface area contributed by atoms with Crippen LogP contribution in [0.1, 0.15) is 24.8 Å². The molecule has 98 valence electrons. The summed E-state index contributed by atoms with van der Waals surface area (Å²) in [5.74, 6) is 0.519. The Kier molecular flexibility index (Phi) is 4.40. The largest absolute Gasteiger partial charge is 0.330 e. The van der Waals surface area contributed by atoms with Gasteiger partial charge in [-0.15, -0.1) is 0 Å². The van der Waals surface area contributed by atoms with E-state index in [-0.39, 0.29) is 11.8 Å². The highest BCUT2D eigenvalue weighted by Gasteiger charge is 2.32. The van der Waals surface area contributed by atoms with Gasteiger partial charge in [-0.2, -0.15) is 0 Å². The maximum atomic E-state index is 12.3. The number of anilines is 1. The van der Waals surface area contributed by atoms with Gasteiger partial charge >= 0.3 is 0 Å². The average molecular weight is 311 g/mol. The van der Waals surface area contributed by atoms with Gasteiger partial charge in [0.05, 0.1) is 5.69 Å². The van der Waals surface area contributed by atoms with E-state index in [9.17, 15) is 4.79 Å². The highest BCUT2D eigenvalue weighted by atomic mass is 79.9. The summed E-state index contributed by atoms with van der Waals surface area (Å²) in [6, 6.07) is 5.95. The van der Waals surface area contributed by atoms with E-state index in [1.54, 1.807) is 0 Å². The molecule has 1 saturated carbocycles. The van der Waals surface area contributed by atoms with Gasteiger partial charge in [-0.05, 0) is 65.9 Å². The summed E-state index contributed by atoms with van der Waals surface area (Å²) in [5.41, 5.74) is 7.70. The zero-order valence-corrected chi connectivity index (χ0v) is 12.2. The number of benzene rings is 1. The molecule has 3 N–H and O–H groups in total. The van der Waals surface area contributed by atoms with Crippen molar-refractivity contribution in [3.63, 3.8) is 0 Å². The molecule has 1 aromatic carbocycles. The first-order valence-corrected chi connectivity index (χ1v) is 7.18. The third-order valence-corrected chi connectivity index (χ3v) is 4.37. The van der Waals surface area contributed by atoms with Gasteiger partial charge in [0, 0.05) is 10.4 Å². The number of nitrogens with two attached hydrogens (primary N) is 1. The van der Waals surface area contributed by atoms with Crippen molar-refractivity contribution in [2.24, 2.45) is 17.6 Å². The van der Waals surface area contributed by atoms with Gasteiger partial charge in [-0.25, -0.2) is 0 Å². The fourth-order valence-corrected chi connectivity index (χ4v) is 2.97. The second kappa shape index (κ2) is 5.85. The van der Waals surface area contributed by atoms with Crippen LogP contribution in [0.2, 0.25) is 0 Å². The lowest BCUT2D eigenvalue weighted by molar-refractivity contribution is -0.120. The first-order valence-electron chi connectivity index (χ1n) is 6.39. The fraction of sp³-hybridized carbons (Fsp3) is 0.500. The minimum Gasteiger partial charge on any atom is -0.330 e. The summed E-state index contributed by atoms with van der Waals surface area (Å²) in [7, 11) is 0. The molecule has 18 heavy (non-hydrogen) atoms. The molecule has 0 radical (unpaired) electrons. The average Bonchev–Trinajstić information content (AvgIpc) is 2.82. The topological polar surface area (TPSA) is 55.1 Å². The van der Waals surface area contributed by atoms with E-state index in [4.69, 9.17) is 5.73 Å². The van der Waals surface area contributed by atoms with Crippen LogP contribution >= 0.6 is 15.9 Å². The van der Waals surface area contributed by atoms with Gasteiger partial charge in [0.2, 0.25) is 5.91 Å². The predicted octanol–water partition coefficient (Wildman–Crippen LogP) is 3.07. The van der Waals surface area contributed by atoms with Crippen LogP contribution in [0.25, 0.3) is 0 Å². The Morgan fingerprint density at radius 2 is 2.28 bits per heavy atom. The molecule has 2 atom stereocenters. The lowest BCUT2D eigenvalue weighted by Crippen LogP contribution is -2.29. The number of amides is 1.